The first kappa shape index (κ1) is 17.2. The Morgan fingerprint density at radius 1 is 1.16 bits per heavy atom. The molecule has 3 aromatic rings. The largest absolute Gasteiger partial charge is 0.496 e. The van der Waals surface area contributed by atoms with Crippen molar-refractivity contribution in [2.24, 2.45) is 7.05 Å². The monoisotopic (exact) mass is 357 g/mol. The number of benzene rings is 2. The predicted octanol–water partition coefficient (Wildman–Crippen LogP) is 3.60. The second-order valence-electron chi connectivity index (χ2n) is 5.26. The van der Waals surface area contributed by atoms with E-state index in [0.717, 1.165) is 5.56 Å². The third-order valence-corrected chi connectivity index (χ3v) is 4.71. The third-order valence-electron chi connectivity index (χ3n) is 3.69. The smallest absolute Gasteiger partial charge is 0.191 e. The molecule has 0 atom stereocenters. The predicted molar refractivity (Wildman–Crippen MR) is 94.4 cm³/mol. The number of para-hydroxylation sites is 1. The summed E-state index contributed by atoms with van der Waals surface area (Å²) in [7, 11) is 3.41. The normalized spacial score (nSPS) is 10.7. The van der Waals surface area contributed by atoms with Crippen molar-refractivity contribution in [3.05, 3.63) is 59.9 Å². The van der Waals surface area contributed by atoms with E-state index in [1.165, 1.54) is 23.9 Å². The number of methoxy groups -OCH3 is 1. The van der Waals surface area contributed by atoms with E-state index in [9.17, 15) is 9.18 Å². The van der Waals surface area contributed by atoms with Gasteiger partial charge in [0.15, 0.2) is 16.8 Å². The Morgan fingerprint density at radius 3 is 2.64 bits per heavy atom. The van der Waals surface area contributed by atoms with E-state index in [-0.39, 0.29) is 17.1 Å². The van der Waals surface area contributed by atoms with Gasteiger partial charge in [-0.2, -0.15) is 0 Å². The van der Waals surface area contributed by atoms with Gasteiger partial charge in [-0.05, 0) is 24.3 Å². The highest BCUT2D eigenvalue weighted by Gasteiger charge is 2.17. The number of carbonyl (C=O) groups is 1. The average molecular weight is 357 g/mol. The zero-order valence-electron chi connectivity index (χ0n) is 13.8. The van der Waals surface area contributed by atoms with E-state index in [2.05, 4.69) is 10.2 Å². The number of rotatable bonds is 6. The summed E-state index contributed by atoms with van der Waals surface area (Å²) >= 11 is 1.22. The molecule has 0 fully saturated rings. The van der Waals surface area contributed by atoms with Crippen LogP contribution in [0.1, 0.15) is 10.4 Å². The Bertz CT molecular complexity index is 911. The van der Waals surface area contributed by atoms with Crippen LogP contribution < -0.4 is 4.74 Å². The van der Waals surface area contributed by atoms with E-state index in [1.807, 2.05) is 31.3 Å². The lowest BCUT2D eigenvalue weighted by Gasteiger charge is -2.08. The Balaban J connectivity index is 1.78. The first-order valence-electron chi connectivity index (χ1n) is 7.55. The van der Waals surface area contributed by atoms with E-state index >= 15 is 0 Å². The first-order valence-corrected chi connectivity index (χ1v) is 8.53. The number of Topliss-reactive ketones (excluding diaryl/α,β-unsaturated/α-hetero) is 1. The Hall–Kier alpha value is -2.67. The van der Waals surface area contributed by atoms with Crippen LogP contribution in [0.15, 0.2) is 53.7 Å². The average Bonchev–Trinajstić information content (AvgIpc) is 3.00. The summed E-state index contributed by atoms with van der Waals surface area (Å²) in [4.78, 5) is 12.2. The zero-order valence-corrected chi connectivity index (χ0v) is 14.6. The topological polar surface area (TPSA) is 57.0 Å². The first-order chi connectivity index (χ1) is 12.1. The van der Waals surface area contributed by atoms with Crippen LogP contribution in [-0.2, 0) is 7.05 Å². The quantitative estimate of drug-likeness (QED) is 0.498. The van der Waals surface area contributed by atoms with Gasteiger partial charge in [-0.1, -0.05) is 36.0 Å². The highest BCUT2D eigenvalue weighted by atomic mass is 32.2. The van der Waals surface area contributed by atoms with E-state index in [1.54, 1.807) is 23.8 Å². The maximum Gasteiger partial charge on any atom is 0.191 e. The molecule has 0 N–H and O–H groups in total. The van der Waals surface area contributed by atoms with Gasteiger partial charge in [-0.25, -0.2) is 4.39 Å². The summed E-state index contributed by atoms with van der Waals surface area (Å²) in [5.74, 6) is 0.611. The van der Waals surface area contributed by atoms with Crippen molar-refractivity contribution in [2.45, 2.75) is 5.16 Å². The SMILES string of the molecule is COc1ccccc1-c1nnc(SCC(=O)c2ccccc2F)n1C. The van der Waals surface area contributed by atoms with Crippen LogP contribution in [0.4, 0.5) is 4.39 Å². The fourth-order valence-electron chi connectivity index (χ4n) is 2.40. The zero-order chi connectivity index (χ0) is 17.8. The Morgan fingerprint density at radius 2 is 1.88 bits per heavy atom. The van der Waals surface area contributed by atoms with Crippen molar-refractivity contribution in [3.8, 4) is 17.1 Å². The highest BCUT2D eigenvalue weighted by Crippen LogP contribution is 2.30. The van der Waals surface area contributed by atoms with Crippen LogP contribution in [0.3, 0.4) is 0 Å². The summed E-state index contributed by atoms with van der Waals surface area (Å²) in [5, 5.41) is 8.89. The van der Waals surface area contributed by atoms with Crippen LogP contribution >= 0.6 is 11.8 Å². The maximum absolute atomic E-state index is 13.7. The summed E-state index contributed by atoms with van der Waals surface area (Å²) in [6.07, 6.45) is 0. The van der Waals surface area contributed by atoms with Crippen molar-refractivity contribution in [1.82, 2.24) is 14.8 Å². The van der Waals surface area contributed by atoms with Crippen LogP contribution in [-0.4, -0.2) is 33.4 Å². The minimum absolute atomic E-state index is 0.0822. The number of halogens is 1. The van der Waals surface area contributed by atoms with Gasteiger partial charge in [0.1, 0.15) is 11.6 Å². The van der Waals surface area contributed by atoms with E-state index < -0.39 is 5.82 Å². The lowest BCUT2D eigenvalue weighted by atomic mass is 10.1. The van der Waals surface area contributed by atoms with Crippen LogP contribution in [0, 0.1) is 5.82 Å². The fraction of sp³-hybridized carbons (Fsp3) is 0.167. The molecule has 0 aliphatic rings. The highest BCUT2D eigenvalue weighted by molar-refractivity contribution is 7.99. The lowest BCUT2D eigenvalue weighted by Crippen LogP contribution is -2.06. The van der Waals surface area contributed by atoms with Gasteiger partial charge in [0.25, 0.3) is 0 Å². The van der Waals surface area contributed by atoms with E-state index in [0.29, 0.717) is 16.7 Å². The summed E-state index contributed by atoms with van der Waals surface area (Å²) in [6, 6.07) is 13.5. The van der Waals surface area contributed by atoms with Crippen molar-refractivity contribution >= 4 is 17.5 Å². The standard InChI is InChI=1S/C18H16FN3O2S/c1-22-17(13-8-4-6-10-16(13)24-2)20-21-18(22)25-11-15(23)12-7-3-5-9-14(12)19/h3-10H,11H2,1-2H3. The molecule has 128 valence electrons. The van der Waals surface area contributed by atoms with Crippen LogP contribution in [0.5, 0.6) is 5.75 Å². The van der Waals surface area contributed by atoms with Gasteiger partial charge in [0.05, 0.1) is 24.0 Å². The third kappa shape index (κ3) is 3.56. The number of aromatic nitrogens is 3. The van der Waals surface area contributed by atoms with Crippen molar-refractivity contribution in [3.63, 3.8) is 0 Å². The van der Waals surface area contributed by atoms with Crippen molar-refractivity contribution < 1.29 is 13.9 Å². The molecule has 0 spiro atoms. The molecular formula is C18H16FN3O2S. The maximum atomic E-state index is 13.7. The molecule has 0 aliphatic heterocycles. The molecule has 0 saturated heterocycles. The van der Waals surface area contributed by atoms with E-state index in [4.69, 9.17) is 4.74 Å². The molecule has 0 amide bonds. The van der Waals surface area contributed by atoms with Crippen LogP contribution in [0.2, 0.25) is 0 Å². The number of ketones is 1. The van der Waals surface area contributed by atoms with Crippen molar-refractivity contribution in [1.29, 1.82) is 0 Å². The molecule has 3 rings (SSSR count). The molecule has 1 aromatic heterocycles. The van der Waals surface area contributed by atoms with Crippen molar-refractivity contribution in [2.75, 3.05) is 12.9 Å². The van der Waals surface area contributed by atoms with Gasteiger partial charge in [0, 0.05) is 7.05 Å². The minimum atomic E-state index is -0.513. The molecule has 2 aromatic carbocycles. The molecule has 0 bridgehead atoms. The Kier molecular flexibility index (Phi) is 5.14. The Labute approximate surface area is 148 Å². The number of hydrogen-bond acceptors (Lipinski definition) is 5. The van der Waals surface area contributed by atoms with Gasteiger partial charge in [-0.3, -0.25) is 4.79 Å². The van der Waals surface area contributed by atoms with Gasteiger partial charge >= 0.3 is 0 Å². The number of ether oxygens (including phenoxy) is 1. The summed E-state index contributed by atoms with van der Waals surface area (Å²) < 4.78 is 20.8. The fourth-order valence-corrected chi connectivity index (χ4v) is 3.19. The minimum Gasteiger partial charge on any atom is -0.496 e. The molecule has 7 heteroatoms. The number of hydrogen-bond donors (Lipinski definition) is 0. The lowest BCUT2D eigenvalue weighted by molar-refractivity contribution is 0.101. The molecule has 5 nitrogen and oxygen atoms in total. The molecule has 0 aliphatic carbocycles. The second kappa shape index (κ2) is 7.48. The number of nitrogens with zero attached hydrogens (tertiary/aromatic N) is 3. The second-order valence-corrected chi connectivity index (χ2v) is 6.20. The van der Waals surface area contributed by atoms with Crippen LogP contribution in [0.25, 0.3) is 11.4 Å². The molecule has 1 heterocycles. The molecule has 0 unspecified atom stereocenters. The van der Waals surface area contributed by atoms with Gasteiger partial charge in [-0.15, -0.1) is 10.2 Å². The summed E-state index contributed by atoms with van der Waals surface area (Å²) in [5.41, 5.74) is 0.898. The number of carbonyl (C=O) groups excluding carboxylic acids is 1. The van der Waals surface area contributed by atoms with Gasteiger partial charge < -0.3 is 9.30 Å². The molecule has 25 heavy (non-hydrogen) atoms. The number of thioether (sulfide) groups is 1. The summed E-state index contributed by atoms with van der Waals surface area (Å²) in [6.45, 7) is 0. The molecule has 0 saturated carbocycles. The molecule has 0 radical (unpaired) electrons. The molecular weight excluding hydrogens is 341 g/mol. The van der Waals surface area contributed by atoms with Gasteiger partial charge in [0.2, 0.25) is 0 Å².